The summed E-state index contributed by atoms with van der Waals surface area (Å²) in [5.41, 5.74) is 3.19. The first-order valence-electron chi connectivity index (χ1n) is 10.9. The number of ether oxygens (including phenoxy) is 1. The van der Waals surface area contributed by atoms with Crippen LogP contribution in [0.25, 0.3) is 0 Å². The van der Waals surface area contributed by atoms with Crippen molar-refractivity contribution >= 4 is 41.7 Å². The summed E-state index contributed by atoms with van der Waals surface area (Å²) in [5, 5.41) is 6.81. The number of hydrogen-bond donors (Lipinski definition) is 2. The zero-order valence-electron chi connectivity index (χ0n) is 18.4. The maximum absolute atomic E-state index is 11.7. The van der Waals surface area contributed by atoms with Crippen molar-refractivity contribution in [2.24, 2.45) is 4.99 Å². The molecule has 0 aliphatic carbocycles. The van der Waals surface area contributed by atoms with E-state index in [-0.39, 0.29) is 30.1 Å². The van der Waals surface area contributed by atoms with Gasteiger partial charge in [-0.1, -0.05) is 42.5 Å². The molecule has 7 nitrogen and oxygen atoms in total. The molecule has 0 bridgehead atoms. The van der Waals surface area contributed by atoms with Crippen LogP contribution in [0.15, 0.2) is 82.4 Å². The Morgan fingerprint density at radius 3 is 2.33 bits per heavy atom. The molecule has 2 aromatic carbocycles. The number of anilines is 1. The lowest BCUT2D eigenvalue weighted by atomic mass is 10.1. The van der Waals surface area contributed by atoms with Crippen LogP contribution in [0.1, 0.15) is 16.9 Å². The van der Waals surface area contributed by atoms with Gasteiger partial charge in [0.15, 0.2) is 5.96 Å². The van der Waals surface area contributed by atoms with Crippen LogP contribution in [-0.2, 0) is 24.1 Å². The number of nitrogens with zero attached hydrogens (tertiary/aromatic N) is 2. The van der Waals surface area contributed by atoms with Gasteiger partial charge in [-0.3, -0.25) is 4.90 Å². The second-order valence-corrected chi connectivity index (χ2v) is 7.52. The highest BCUT2D eigenvalue weighted by atomic mass is 127. The summed E-state index contributed by atoms with van der Waals surface area (Å²) in [6.45, 7) is 3.07. The van der Waals surface area contributed by atoms with Crippen molar-refractivity contribution in [3.05, 3.63) is 89.9 Å². The van der Waals surface area contributed by atoms with Crippen molar-refractivity contribution in [1.82, 2.24) is 10.6 Å². The molecule has 1 saturated heterocycles. The van der Waals surface area contributed by atoms with Gasteiger partial charge in [-0.05, 0) is 41.8 Å². The number of guanidine groups is 1. The molecule has 1 aliphatic rings. The van der Waals surface area contributed by atoms with Crippen molar-refractivity contribution in [3.8, 4) is 0 Å². The quantitative estimate of drug-likeness (QED) is 0.231. The van der Waals surface area contributed by atoms with Crippen molar-refractivity contribution in [1.29, 1.82) is 0 Å². The largest absolute Gasteiger partial charge is 0.469 e. The van der Waals surface area contributed by atoms with Crippen LogP contribution < -0.4 is 15.5 Å². The highest BCUT2D eigenvalue weighted by Crippen LogP contribution is 2.19. The summed E-state index contributed by atoms with van der Waals surface area (Å²) in [5.74, 6) is 1.71. The maximum atomic E-state index is 11.7. The summed E-state index contributed by atoms with van der Waals surface area (Å²) < 4.78 is 10.4. The molecule has 174 valence electrons. The van der Waals surface area contributed by atoms with Gasteiger partial charge in [0.05, 0.1) is 19.4 Å². The Bertz CT molecular complexity index is 1010. The van der Waals surface area contributed by atoms with E-state index in [9.17, 15) is 4.79 Å². The first kappa shape index (κ1) is 24.6. The van der Waals surface area contributed by atoms with Crippen LogP contribution >= 0.6 is 24.0 Å². The molecule has 8 heteroatoms. The molecule has 0 unspecified atom stereocenters. The van der Waals surface area contributed by atoms with Crippen molar-refractivity contribution in [2.45, 2.75) is 19.4 Å². The third-order valence-corrected chi connectivity index (χ3v) is 5.22. The minimum absolute atomic E-state index is 0. The number of amides is 1. The summed E-state index contributed by atoms with van der Waals surface area (Å²) >= 11 is 0. The maximum Gasteiger partial charge on any atom is 0.414 e. The molecule has 2 heterocycles. The van der Waals surface area contributed by atoms with Crippen LogP contribution in [0.5, 0.6) is 0 Å². The van der Waals surface area contributed by atoms with Crippen LogP contribution in [0, 0.1) is 0 Å². The van der Waals surface area contributed by atoms with Crippen LogP contribution in [0.4, 0.5) is 10.5 Å². The number of furan rings is 1. The summed E-state index contributed by atoms with van der Waals surface area (Å²) in [6.07, 6.45) is 3.10. The second-order valence-electron chi connectivity index (χ2n) is 7.52. The Balaban J connectivity index is 0.00000306. The smallest absolute Gasteiger partial charge is 0.414 e. The van der Waals surface area contributed by atoms with Gasteiger partial charge in [0.2, 0.25) is 0 Å². The highest BCUT2D eigenvalue weighted by Gasteiger charge is 2.23. The molecule has 0 spiro atoms. The van der Waals surface area contributed by atoms with E-state index < -0.39 is 0 Å². The predicted octanol–water partition coefficient (Wildman–Crippen LogP) is 4.37. The first-order valence-corrected chi connectivity index (χ1v) is 10.9. The standard InChI is InChI=1S/C25H28N4O3.HI/c30-25-29(16-18-32-25)22-10-8-21(9-11-22)19-28-24(27-15-13-23-7-4-17-31-23)26-14-12-20-5-2-1-3-6-20;/h1-11,17H,12-16,18-19H2,(H2,26,27,28);1H. The fourth-order valence-corrected chi connectivity index (χ4v) is 3.48. The molecule has 1 aliphatic heterocycles. The van der Waals surface area contributed by atoms with E-state index in [4.69, 9.17) is 14.1 Å². The van der Waals surface area contributed by atoms with Gasteiger partial charge in [-0.25, -0.2) is 9.79 Å². The zero-order chi connectivity index (χ0) is 22.0. The van der Waals surface area contributed by atoms with Crippen molar-refractivity contribution in [2.75, 3.05) is 31.1 Å². The Morgan fingerprint density at radius 2 is 1.67 bits per heavy atom. The minimum atomic E-state index is -0.290. The number of halogens is 1. The van der Waals surface area contributed by atoms with Crippen molar-refractivity contribution < 1.29 is 13.9 Å². The van der Waals surface area contributed by atoms with Crippen LogP contribution in [-0.4, -0.2) is 38.3 Å². The molecule has 3 aromatic rings. The van der Waals surface area contributed by atoms with E-state index in [1.54, 1.807) is 11.2 Å². The fourth-order valence-electron chi connectivity index (χ4n) is 3.48. The Kier molecular flexibility index (Phi) is 9.61. The molecule has 33 heavy (non-hydrogen) atoms. The molecular formula is C25H29IN4O3. The van der Waals surface area contributed by atoms with E-state index in [2.05, 4.69) is 34.9 Å². The monoisotopic (exact) mass is 560 g/mol. The molecule has 0 atom stereocenters. The van der Waals surface area contributed by atoms with Gasteiger partial charge in [-0.15, -0.1) is 24.0 Å². The normalized spacial score (nSPS) is 13.4. The van der Waals surface area contributed by atoms with E-state index in [1.165, 1.54) is 5.56 Å². The summed E-state index contributed by atoms with van der Waals surface area (Å²) in [7, 11) is 0. The van der Waals surface area contributed by atoms with Gasteiger partial charge in [-0.2, -0.15) is 0 Å². The van der Waals surface area contributed by atoms with Gasteiger partial charge in [0.25, 0.3) is 0 Å². The Morgan fingerprint density at radius 1 is 0.909 bits per heavy atom. The Hall–Kier alpha value is -3.01. The topological polar surface area (TPSA) is 79.1 Å². The van der Waals surface area contributed by atoms with E-state index in [0.29, 0.717) is 19.7 Å². The van der Waals surface area contributed by atoms with Gasteiger partial charge in [0.1, 0.15) is 12.4 Å². The lowest BCUT2D eigenvalue weighted by molar-refractivity contribution is 0.181. The molecule has 0 radical (unpaired) electrons. The molecule has 1 amide bonds. The third kappa shape index (κ3) is 7.52. The fraction of sp³-hybridized carbons (Fsp3) is 0.280. The first-order chi connectivity index (χ1) is 15.8. The number of aliphatic imine (C=N–C) groups is 1. The number of hydrogen-bond acceptors (Lipinski definition) is 4. The SMILES string of the molecule is I.O=C1OCCN1c1ccc(CN=C(NCCc2ccccc2)NCCc2ccco2)cc1. The van der Waals surface area contributed by atoms with Gasteiger partial charge in [0, 0.05) is 25.2 Å². The lowest BCUT2D eigenvalue weighted by Gasteiger charge is -2.14. The molecule has 4 rings (SSSR count). The van der Waals surface area contributed by atoms with Gasteiger partial charge >= 0.3 is 6.09 Å². The minimum Gasteiger partial charge on any atom is -0.469 e. The zero-order valence-corrected chi connectivity index (χ0v) is 20.7. The molecule has 1 fully saturated rings. The molecule has 1 aromatic heterocycles. The predicted molar refractivity (Wildman–Crippen MR) is 140 cm³/mol. The number of rotatable bonds is 9. The van der Waals surface area contributed by atoms with Crippen molar-refractivity contribution in [3.63, 3.8) is 0 Å². The summed E-state index contributed by atoms with van der Waals surface area (Å²) in [4.78, 5) is 18.1. The van der Waals surface area contributed by atoms with E-state index in [0.717, 1.165) is 48.9 Å². The van der Waals surface area contributed by atoms with E-state index in [1.807, 2.05) is 42.5 Å². The lowest BCUT2D eigenvalue weighted by Crippen LogP contribution is -2.39. The van der Waals surface area contributed by atoms with Crippen LogP contribution in [0.3, 0.4) is 0 Å². The number of carbonyl (C=O) groups is 1. The third-order valence-electron chi connectivity index (χ3n) is 5.22. The molecule has 2 N–H and O–H groups in total. The number of cyclic esters (lactones) is 1. The molecular weight excluding hydrogens is 531 g/mol. The van der Waals surface area contributed by atoms with Gasteiger partial charge < -0.3 is 19.8 Å². The average Bonchev–Trinajstić information content (AvgIpc) is 3.50. The van der Waals surface area contributed by atoms with E-state index >= 15 is 0 Å². The highest BCUT2D eigenvalue weighted by molar-refractivity contribution is 14.0. The summed E-state index contributed by atoms with van der Waals surface area (Å²) in [6, 6.07) is 22.1. The number of benzene rings is 2. The number of nitrogens with one attached hydrogen (secondary N) is 2. The Labute approximate surface area is 211 Å². The number of carbonyl (C=O) groups excluding carboxylic acids is 1. The molecule has 0 saturated carbocycles. The second kappa shape index (κ2) is 12.9. The van der Waals surface area contributed by atoms with Crippen LogP contribution in [0.2, 0.25) is 0 Å². The average molecular weight is 560 g/mol.